The van der Waals surface area contributed by atoms with Crippen LogP contribution >= 0.6 is 0 Å². The van der Waals surface area contributed by atoms with Crippen molar-refractivity contribution in [3.8, 4) is 11.5 Å². The van der Waals surface area contributed by atoms with E-state index in [9.17, 15) is 5.11 Å². The Bertz CT molecular complexity index is 462. The summed E-state index contributed by atoms with van der Waals surface area (Å²) in [5.74, 6) is 1.55. The van der Waals surface area contributed by atoms with Crippen molar-refractivity contribution in [3.05, 3.63) is 24.3 Å². The molecule has 0 saturated carbocycles. The number of aliphatic hydroxyl groups is 1. The molecule has 2 heterocycles. The molecule has 1 fully saturated rings. The van der Waals surface area contributed by atoms with Gasteiger partial charge in [0.2, 0.25) is 0 Å². The highest BCUT2D eigenvalue weighted by Crippen LogP contribution is 2.30. The van der Waals surface area contributed by atoms with E-state index in [1.54, 1.807) is 0 Å². The molecule has 1 saturated heterocycles. The number of fused-ring (bicyclic) bond motifs is 1. The Kier molecular flexibility index (Phi) is 5.53. The van der Waals surface area contributed by atoms with Crippen LogP contribution in [0.15, 0.2) is 24.3 Å². The number of hydrogen-bond acceptors (Lipinski definition) is 4. The number of likely N-dealkylation sites (tertiary alicyclic amines) is 1. The van der Waals surface area contributed by atoms with Gasteiger partial charge in [-0.3, -0.25) is 0 Å². The first kappa shape index (κ1) is 15.6. The number of quaternary nitrogens is 1. The maximum Gasteiger partial charge on any atom is 0.161 e. The smallest absolute Gasteiger partial charge is 0.161 e. The molecule has 2 atom stereocenters. The van der Waals surface area contributed by atoms with Gasteiger partial charge >= 0.3 is 0 Å². The first-order valence-electron chi connectivity index (χ1n) is 8.29. The van der Waals surface area contributed by atoms with Crippen molar-refractivity contribution in [2.24, 2.45) is 0 Å². The Morgan fingerprint density at radius 3 is 2.77 bits per heavy atom. The standard InChI is InChI=1S/C17H25NO4/c19-14(10-18-8-4-1-5-9-18)11-20-12-15-13-21-16-6-2-3-7-17(16)22-15/h2-3,6-7,14-15,19H,1,4-5,8-13H2/p+1/t14-,15+/m1/s1. The zero-order chi connectivity index (χ0) is 15.2. The van der Waals surface area contributed by atoms with E-state index in [1.165, 1.54) is 37.3 Å². The Morgan fingerprint density at radius 2 is 1.95 bits per heavy atom. The average Bonchev–Trinajstić information content (AvgIpc) is 2.55. The Labute approximate surface area is 131 Å². The lowest BCUT2D eigenvalue weighted by atomic mass is 10.1. The van der Waals surface area contributed by atoms with Gasteiger partial charge in [-0.05, 0) is 31.4 Å². The van der Waals surface area contributed by atoms with Crippen LogP contribution < -0.4 is 14.4 Å². The summed E-state index contributed by atoms with van der Waals surface area (Å²) in [4.78, 5) is 1.49. The normalized spacial score (nSPS) is 23.2. The van der Waals surface area contributed by atoms with Crippen molar-refractivity contribution in [1.29, 1.82) is 0 Å². The second-order valence-electron chi connectivity index (χ2n) is 6.20. The van der Waals surface area contributed by atoms with Crippen LogP contribution in [-0.2, 0) is 4.74 Å². The van der Waals surface area contributed by atoms with Crippen LogP contribution in [0.4, 0.5) is 0 Å². The summed E-state index contributed by atoms with van der Waals surface area (Å²) in [7, 11) is 0. The predicted octanol–water partition coefficient (Wildman–Crippen LogP) is 0.273. The van der Waals surface area contributed by atoms with Crippen molar-refractivity contribution in [1.82, 2.24) is 0 Å². The fourth-order valence-corrected chi connectivity index (χ4v) is 3.13. The molecule has 0 amide bonds. The number of hydrogen-bond donors (Lipinski definition) is 2. The number of para-hydroxylation sites is 2. The summed E-state index contributed by atoms with van der Waals surface area (Å²) in [6.07, 6.45) is 3.37. The van der Waals surface area contributed by atoms with Gasteiger partial charge in [-0.25, -0.2) is 0 Å². The van der Waals surface area contributed by atoms with Crippen molar-refractivity contribution in [2.45, 2.75) is 31.5 Å². The maximum absolute atomic E-state index is 10.1. The van der Waals surface area contributed by atoms with Gasteiger partial charge in [-0.2, -0.15) is 0 Å². The molecule has 2 N–H and O–H groups in total. The summed E-state index contributed by atoms with van der Waals surface area (Å²) in [6.45, 7) is 4.43. The molecular formula is C17H26NO4+. The van der Waals surface area contributed by atoms with E-state index < -0.39 is 6.10 Å². The predicted molar refractivity (Wildman–Crippen MR) is 82.6 cm³/mol. The zero-order valence-corrected chi connectivity index (χ0v) is 13.0. The molecule has 5 heteroatoms. The van der Waals surface area contributed by atoms with Crippen molar-refractivity contribution < 1.29 is 24.2 Å². The molecule has 2 aliphatic rings. The average molecular weight is 308 g/mol. The van der Waals surface area contributed by atoms with Crippen LogP contribution in [0.25, 0.3) is 0 Å². The van der Waals surface area contributed by atoms with Gasteiger partial charge in [0.15, 0.2) is 17.6 Å². The molecule has 0 spiro atoms. The zero-order valence-electron chi connectivity index (χ0n) is 13.0. The molecule has 0 aromatic heterocycles. The Hall–Kier alpha value is -1.30. The van der Waals surface area contributed by atoms with Gasteiger partial charge in [0.1, 0.15) is 19.3 Å². The van der Waals surface area contributed by atoms with Gasteiger partial charge in [-0.15, -0.1) is 0 Å². The molecule has 1 aromatic rings. The van der Waals surface area contributed by atoms with Gasteiger partial charge in [0.05, 0.1) is 26.3 Å². The molecule has 22 heavy (non-hydrogen) atoms. The molecule has 0 radical (unpaired) electrons. The number of aliphatic hydroxyl groups excluding tert-OH is 1. The minimum Gasteiger partial charge on any atom is -0.486 e. The van der Waals surface area contributed by atoms with Gasteiger partial charge < -0.3 is 24.2 Å². The van der Waals surface area contributed by atoms with Crippen LogP contribution in [0.5, 0.6) is 11.5 Å². The fourth-order valence-electron chi connectivity index (χ4n) is 3.13. The molecule has 5 nitrogen and oxygen atoms in total. The third-order valence-corrected chi connectivity index (χ3v) is 4.27. The molecule has 122 valence electrons. The van der Waals surface area contributed by atoms with E-state index >= 15 is 0 Å². The molecule has 3 rings (SSSR count). The minimum atomic E-state index is -0.398. The van der Waals surface area contributed by atoms with Crippen LogP contribution in [0, 0.1) is 0 Å². The fraction of sp³-hybridized carbons (Fsp3) is 0.647. The second-order valence-corrected chi connectivity index (χ2v) is 6.20. The largest absolute Gasteiger partial charge is 0.486 e. The van der Waals surface area contributed by atoms with E-state index in [1.807, 2.05) is 24.3 Å². The number of nitrogens with one attached hydrogen (secondary N) is 1. The van der Waals surface area contributed by atoms with Gasteiger partial charge in [0, 0.05) is 0 Å². The van der Waals surface area contributed by atoms with Crippen LogP contribution in [0.3, 0.4) is 0 Å². The lowest BCUT2D eigenvalue weighted by molar-refractivity contribution is -0.908. The SMILES string of the molecule is O[C@@H](COC[C@H]1COc2ccccc2O1)C[NH+]1CCCCC1. The monoisotopic (exact) mass is 308 g/mol. The number of piperidine rings is 1. The van der Waals surface area contributed by atoms with Crippen LogP contribution in [0.1, 0.15) is 19.3 Å². The second kappa shape index (κ2) is 7.81. The van der Waals surface area contributed by atoms with Gasteiger partial charge in [0.25, 0.3) is 0 Å². The van der Waals surface area contributed by atoms with Gasteiger partial charge in [-0.1, -0.05) is 12.1 Å². The molecule has 0 bridgehead atoms. The number of rotatable bonds is 6. The molecule has 2 aliphatic heterocycles. The third kappa shape index (κ3) is 4.35. The number of benzene rings is 1. The van der Waals surface area contributed by atoms with E-state index in [4.69, 9.17) is 14.2 Å². The Morgan fingerprint density at radius 1 is 1.18 bits per heavy atom. The highest BCUT2D eigenvalue weighted by Gasteiger charge is 2.22. The summed E-state index contributed by atoms with van der Waals surface area (Å²) < 4.78 is 17.1. The van der Waals surface area contributed by atoms with E-state index in [0.717, 1.165) is 18.0 Å². The lowest BCUT2D eigenvalue weighted by Gasteiger charge is -2.27. The van der Waals surface area contributed by atoms with Crippen molar-refractivity contribution in [3.63, 3.8) is 0 Å². The third-order valence-electron chi connectivity index (χ3n) is 4.27. The van der Waals surface area contributed by atoms with Crippen molar-refractivity contribution >= 4 is 0 Å². The number of ether oxygens (including phenoxy) is 3. The molecular weight excluding hydrogens is 282 g/mol. The van der Waals surface area contributed by atoms with E-state index in [0.29, 0.717) is 19.8 Å². The topological polar surface area (TPSA) is 52.4 Å². The van der Waals surface area contributed by atoms with Crippen LogP contribution in [-0.4, -0.2) is 56.8 Å². The lowest BCUT2D eigenvalue weighted by Crippen LogP contribution is -3.14. The molecule has 1 aromatic carbocycles. The summed E-state index contributed by atoms with van der Waals surface area (Å²) >= 11 is 0. The first-order valence-corrected chi connectivity index (χ1v) is 8.29. The molecule has 0 aliphatic carbocycles. The summed E-state index contributed by atoms with van der Waals surface area (Å²) in [5, 5.41) is 10.1. The van der Waals surface area contributed by atoms with Crippen LogP contribution in [0.2, 0.25) is 0 Å². The Balaban J connectivity index is 1.35. The first-order chi connectivity index (χ1) is 10.8. The minimum absolute atomic E-state index is 0.107. The maximum atomic E-state index is 10.1. The van der Waals surface area contributed by atoms with E-state index in [-0.39, 0.29) is 6.10 Å². The highest BCUT2D eigenvalue weighted by molar-refractivity contribution is 5.40. The highest BCUT2D eigenvalue weighted by atomic mass is 16.6. The quantitative estimate of drug-likeness (QED) is 0.792. The van der Waals surface area contributed by atoms with E-state index in [2.05, 4.69) is 0 Å². The van der Waals surface area contributed by atoms with Crippen molar-refractivity contribution in [2.75, 3.05) is 39.5 Å². The molecule has 0 unspecified atom stereocenters. The summed E-state index contributed by atoms with van der Waals surface area (Å²) in [5.41, 5.74) is 0. The summed E-state index contributed by atoms with van der Waals surface area (Å²) in [6, 6.07) is 7.66.